The maximum atomic E-state index is 6.11. The number of fused-ring (bicyclic) bond motifs is 6. The van der Waals surface area contributed by atoms with Gasteiger partial charge in [0.25, 0.3) is 0 Å². The third-order valence-electron chi connectivity index (χ3n) is 4.34. The van der Waals surface area contributed by atoms with Crippen LogP contribution in [0.4, 0.5) is 0 Å². The lowest BCUT2D eigenvalue weighted by Gasteiger charge is -2.19. The van der Waals surface area contributed by atoms with Crippen LogP contribution in [0.3, 0.4) is 0 Å². The molecule has 0 radical (unpaired) electrons. The van der Waals surface area contributed by atoms with Crippen LogP contribution in [-0.2, 0) is 6.42 Å². The van der Waals surface area contributed by atoms with Crippen LogP contribution in [0.25, 0.3) is 21.7 Å². The summed E-state index contributed by atoms with van der Waals surface area (Å²) in [6.07, 6.45) is 0.913. The van der Waals surface area contributed by atoms with E-state index in [4.69, 9.17) is 4.74 Å². The molecule has 1 aromatic heterocycles. The molecule has 0 saturated carbocycles. The van der Waals surface area contributed by atoms with Crippen molar-refractivity contribution in [3.63, 3.8) is 0 Å². The van der Waals surface area contributed by atoms with Gasteiger partial charge in [-0.3, -0.25) is 0 Å². The largest absolute Gasteiger partial charge is 0.440 e. The maximum Gasteiger partial charge on any atom is 0.202 e. The normalized spacial score (nSPS) is 13.0. The molecule has 5 rings (SSSR count). The number of benzene rings is 3. The highest BCUT2D eigenvalue weighted by Gasteiger charge is 2.22. The molecule has 2 nitrogen and oxygen atoms in total. The molecule has 4 aromatic rings. The summed E-state index contributed by atoms with van der Waals surface area (Å²) in [6, 6.07) is 21.1. The minimum atomic E-state index is 0.888. The Hall–Kier alpha value is -2.74. The zero-order valence-electron chi connectivity index (χ0n) is 11.4. The maximum absolute atomic E-state index is 6.11. The Bertz CT molecular complexity index is 997. The molecule has 1 aliphatic heterocycles. The molecule has 0 bridgehead atoms. The topological polar surface area (TPSA) is 25.0 Å². The van der Waals surface area contributed by atoms with E-state index in [1.165, 1.54) is 27.3 Å². The van der Waals surface area contributed by atoms with Gasteiger partial charge >= 0.3 is 0 Å². The predicted molar refractivity (Wildman–Crippen MR) is 85.1 cm³/mol. The summed E-state index contributed by atoms with van der Waals surface area (Å²) < 4.78 is 6.11. The first kappa shape index (κ1) is 11.0. The monoisotopic (exact) mass is 271 g/mol. The van der Waals surface area contributed by atoms with Crippen molar-refractivity contribution in [2.45, 2.75) is 6.42 Å². The van der Waals surface area contributed by atoms with Crippen LogP contribution in [0.15, 0.2) is 60.7 Å². The number of aromatic amines is 1. The van der Waals surface area contributed by atoms with Gasteiger partial charge in [0.1, 0.15) is 5.75 Å². The zero-order valence-corrected chi connectivity index (χ0v) is 11.4. The summed E-state index contributed by atoms with van der Waals surface area (Å²) in [6.45, 7) is 0. The second-order valence-corrected chi connectivity index (χ2v) is 5.52. The summed E-state index contributed by atoms with van der Waals surface area (Å²) in [4.78, 5) is 3.38. The van der Waals surface area contributed by atoms with Crippen LogP contribution >= 0.6 is 0 Å². The Kier molecular flexibility index (Phi) is 2.03. The van der Waals surface area contributed by atoms with E-state index in [1.54, 1.807) is 0 Å². The summed E-state index contributed by atoms with van der Waals surface area (Å²) in [5.41, 5.74) is 3.68. The highest BCUT2D eigenvalue weighted by Crippen LogP contribution is 2.42. The first-order valence-electron chi connectivity index (χ1n) is 7.18. The molecule has 0 unspecified atom stereocenters. The third-order valence-corrected chi connectivity index (χ3v) is 4.34. The summed E-state index contributed by atoms with van der Waals surface area (Å²) in [5.74, 6) is 1.85. The molecule has 2 heterocycles. The number of rotatable bonds is 0. The smallest absolute Gasteiger partial charge is 0.202 e. The van der Waals surface area contributed by atoms with Crippen molar-refractivity contribution >= 4 is 21.7 Å². The Morgan fingerprint density at radius 2 is 1.57 bits per heavy atom. The lowest BCUT2D eigenvalue weighted by molar-refractivity contribution is 0.448. The van der Waals surface area contributed by atoms with Crippen LogP contribution in [-0.4, -0.2) is 4.98 Å². The average Bonchev–Trinajstić information content (AvgIpc) is 2.90. The Labute approximate surface area is 122 Å². The van der Waals surface area contributed by atoms with Gasteiger partial charge in [-0.1, -0.05) is 48.5 Å². The van der Waals surface area contributed by atoms with Gasteiger partial charge in [0.15, 0.2) is 0 Å². The minimum absolute atomic E-state index is 0.888. The van der Waals surface area contributed by atoms with E-state index in [1.807, 2.05) is 6.07 Å². The molecule has 2 heteroatoms. The van der Waals surface area contributed by atoms with Gasteiger partial charge in [0.05, 0.1) is 0 Å². The number of ether oxygens (including phenoxy) is 1. The van der Waals surface area contributed by atoms with Crippen LogP contribution in [0.2, 0.25) is 0 Å². The Morgan fingerprint density at radius 3 is 2.52 bits per heavy atom. The van der Waals surface area contributed by atoms with E-state index in [-0.39, 0.29) is 0 Å². The summed E-state index contributed by atoms with van der Waals surface area (Å²) in [7, 11) is 0. The van der Waals surface area contributed by atoms with E-state index < -0.39 is 0 Å². The second-order valence-electron chi connectivity index (χ2n) is 5.52. The lowest BCUT2D eigenvalue weighted by Crippen LogP contribution is -2.02. The Morgan fingerprint density at radius 1 is 0.762 bits per heavy atom. The summed E-state index contributed by atoms with van der Waals surface area (Å²) in [5, 5.41) is 3.81. The quantitative estimate of drug-likeness (QED) is 0.420. The number of para-hydroxylation sites is 1. The first-order chi connectivity index (χ1) is 10.4. The summed E-state index contributed by atoms with van der Waals surface area (Å²) >= 11 is 0. The van der Waals surface area contributed by atoms with E-state index in [0.717, 1.165) is 23.6 Å². The zero-order chi connectivity index (χ0) is 13.8. The standard InChI is InChI=1S/C19H13NO/c1-2-6-13-12(5-1)9-10-18-15(13)11-16-14-7-3-4-8-17(14)20-19(16)21-18/h1-10,20H,11H2. The lowest BCUT2D eigenvalue weighted by atomic mass is 9.95. The highest BCUT2D eigenvalue weighted by molar-refractivity contribution is 5.92. The van der Waals surface area contributed by atoms with Gasteiger partial charge in [0.2, 0.25) is 5.88 Å². The van der Waals surface area contributed by atoms with Gasteiger partial charge in [-0.15, -0.1) is 0 Å². The van der Waals surface area contributed by atoms with Crippen molar-refractivity contribution in [3.8, 4) is 11.6 Å². The molecule has 0 amide bonds. The molecule has 1 N–H and O–H groups in total. The van der Waals surface area contributed by atoms with Crippen molar-refractivity contribution in [2.24, 2.45) is 0 Å². The Balaban J connectivity index is 1.80. The fourth-order valence-corrected chi connectivity index (χ4v) is 3.32. The van der Waals surface area contributed by atoms with E-state index in [2.05, 4.69) is 59.6 Å². The molecular weight excluding hydrogens is 258 g/mol. The van der Waals surface area contributed by atoms with Gasteiger partial charge in [-0.2, -0.15) is 0 Å². The molecule has 0 aliphatic carbocycles. The third kappa shape index (κ3) is 1.47. The second kappa shape index (κ2) is 3.89. The molecule has 0 fully saturated rings. The van der Waals surface area contributed by atoms with Gasteiger partial charge < -0.3 is 9.72 Å². The van der Waals surface area contributed by atoms with Crippen LogP contribution in [0.1, 0.15) is 11.1 Å². The molecule has 21 heavy (non-hydrogen) atoms. The minimum Gasteiger partial charge on any atom is -0.440 e. The SMILES string of the molecule is c1ccc2c3c(ccc2c1)Oc1[nH]c2ccccc2c1C3. The van der Waals surface area contributed by atoms with Gasteiger partial charge in [-0.05, 0) is 22.9 Å². The molecular formula is C19H13NO. The average molecular weight is 271 g/mol. The van der Waals surface area contributed by atoms with Crippen molar-refractivity contribution < 1.29 is 4.74 Å². The van der Waals surface area contributed by atoms with Crippen molar-refractivity contribution in [2.75, 3.05) is 0 Å². The molecule has 1 aliphatic rings. The molecule has 0 atom stereocenters. The number of aromatic nitrogens is 1. The molecule has 3 aromatic carbocycles. The number of hydrogen-bond acceptors (Lipinski definition) is 1. The number of nitrogens with one attached hydrogen (secondary N) is 1. The van der Waals surface area contributed by atoms with Gasteiger partial charge in [-0.25, -0.2) is 0 Å². The van der Waals surface area contributed by atoms with Gasteiger partial charge in [0, 0.05) is 28.5 Å². The van der Waals surface area contributed by atoms with Crippen molar-refractivity contribution in [3.05, 3.63) is 71.8 Å². The van der Waals surface area contributed by atoms with E-state index in [0.29, 0.717) is 0 Å². The predicted octanol–water partition coefficient (Wildman–Crippen LogP) is 5.02. The molecule has 100 valence electrons. The van der Waals surface area contributed by atoms with Crippen LogP contribution < -0.4 is 4.74 Å². The highest BCUT2D eigenvalue weighted by atomic mass is 16.5. The van der Waals surface area contributed by atoms with Crippen molar-refractivity contribution in [1.82, 2.24) is 4.98 Å². The van der Waals surface area contributed by atoms with Crippen LogP contribution in [0, 0.1) is 0 Å². The fourth-order valence-electron chi connectivity index (χ4n) is 3.32. The number of H-pyrrole nitrogens is 1. The van der Waals surface area contributed by atoms with Crippen molar-refractivity contribution in [1.29, 1.82) is 0 Å². The number of hydrogen-bond donors (Lipinski definition) is 1. The van der Waals surface area contributed by atoms with E-state index >= 15 is 0 Å². The molecule has 0 saturated heterocycles. The van der Waals surface area contributed by atoms with Crippen LogP contribution in [0.5, 0.6) is 11.6 Å². The molecule has 0 spiro atoms. The fraction of sp³-hybridized carbons (Fsp3) is 0.0526. The van der Waals surface area contributed by atoms with E-state index in [9.17, 15) is 0 Å². The first-order valence-corrected chi connectivity index (χ1v) is 7.18.